The summed E-state index contributed by atoms with van der Waals surface area (Å²) in [7, 11) is 0. The summed E-state index contributed by atoms with van der Waals surface area (Å²) < 4.78 is 11.4. The zero-order valence-electron chi connectivity index (χ0n) is 18.3. The maximum Gasteiger partial charge on any atom is 0.348 e. The van der Waals surface area contributed by atoms with E-state index in [1.54, 1.807) is 18.7 Å². The van der Waals surface area contributed by atoms with Crippen LogP contribution in [0.4, 0.5) is 0 Å². The van der Waals surface area contributed by atoms with E-state index in [0.717, 1.165) is 27.1 Å². The number of esters is 1. The fourth-order valence-electron chi connectivity index (χ4n) is 3.24. The van der Waals surface area contributed by atoms with Gasteiger partial charge in [0.1, 0.15) is 21.3 Å². The average Bonchev–Trinajstić information content (AvgIpc) is 3.16. The Morgan fingerprint density at radius 3 is 2.47 bits per heavy atom. The SMILES string of the molecule is CCOC(=O)c1sc2nc(CSc3ccccc3)nc(Oc3ccc(CC)cc3)c2c1C. The second-order valence-electron chi connectivity index (χ2n) is 7.10. The van der Waals surface area contributed by atoms with Gasteiger partial charge in [0, 0.05) is 4.90 Å². The zero-order valence-corrected chi connectivity index (χ0v) is 19.9. The fourth-order valence-corrected chi connectivity index (χ4v) is 5.10. The molecule has 0 N–H and O–H groups in total. The van der Waals surface area contributed by atoms with Crippen LogP contribution in [0.15, 0.2) is 59.5 Å². The summed E-state index contributed by atoms with van der Waals surface area (Å²) in [5.41, 5.74) is 2.02. The third-order valence-corrected chi connectivity index (χ3v) is 7.10. The van der Waals surface area contributed by atoms with Crippen molar-refractivity contribution in [3.8, 4) is 11.6 Å². The molecule has 0 bridgehead atoms. The molecule has 0 saturated carbocycles. The lowest BCUT2D eigenvalue weighted by Crippen LogP contribution is -2.03. The van der Waals surface area contributed by atoms with E-state index in [0.29, 0.717) is 34.7 Å². The Labute approximate surface area is 195 Å². The van der Waals surface area contributed by atoms with Crippen molar-refractivity contribution < 1.29 is 14.3 Å². The minimum atomic E-state index is -0.341. The Hall–Kier alpha value is -2.90. The smallest absolute Gasteiger partial charge is 0.348 e. The quantitative estimate of drug-likeness (QED) is 0.210. The number of carbonyl (C=O) groups is 1. The molecule has 5 nitrogen and oxygen atoms in total. The monoisotopic (exact) mass is 464 g/mol. The first-order chi connectivity index (χ1) is 15.6. The summed E-state index contributed by atoms with van der Waals surface area (Å²) in [4.78, 5) is 24.3. The lowest BCUT2D eigenvalue weighted by atomic mass is 10.2. The first-order valence-electron chi connectivity index (χ1n) is 10.5. The molecular weight excluding hydrogens is 440 g/mol. The molecular formula is C25H24N2O3S2. The van der Waals surface area contributed by atoms with Gasteiger partial charge in [-0.25, -0.2) is 9.78 Å². The third-order valence-electron chi connectivity index (χ3n) is 4.92. The summed E-state index contributed by atoms with van der Waals surface area (Å²) >= 11 is 2.98. The number of hydrogen-bond acceptors (Lipinski definition) is 7. The molecule has 2 aromatic heterocycles. The maximum absolute atomic E-state index is 12.5. The van der Waals surface area contributed by atoms with Crippen LogP contribution in [-0.2, 0) is 16.9 Å². The molecule has 0 amide bonds. The molecule has 2 aromatic carbocycles. The number of carbonyl (C=O) groups excluding carboxylic acids is 1. The first kappa shape index (κ1) is 22.3. The number of benzene rings is 2. The zero-order chi connectivity index (χ0) is 22.5. The Balaban J connectivity index is 1.73. The number of rotatable bonds is 8. The predicted octanol–water partition coefficient (Wildman–Crippen LogP) is 6.82. The number of fused-ring (bicyclic) bond motifs is 1. The minimum absolute atomic E-state index is 0.324. The molecule has 4 rings (SSSR count). The summed E-state index contributed by atoms with van der Waals surface area (Å²) in [5.74, 6) is 2.07. The summed E-state index contributed by atoms with van der Waals surface area (Å²) in [6, 6.07) is 18.1. The normalized spacial score (nSPS) is 11.0. The maximum atomic E-state index is 12.5. The highest BCUT2D eigenvalue weighted by atomic mass is 32.2. The molecule has 4 aromatic rings. The van der Waals surface area contributed by atoms with Crippen molar-refractivity contribution in [1.29, 1.82) is 0 Å². The van der Waals surface area contributed by atoms with Gasteiger partial charge in [-0.1, -0.05) is 37.3 Å². The van der Waals surface area contributed by atoms with E-state index < -0.39 is 0 Å². The standard InChI is InChI=1S/C25H24N2O3S2/c1-4-17-11-13-18(14-12-17)30-23-21-16(3)22(25(28)29-5-2)32-24(21)27-20(26-23)15-31-19-9-7-6-8-10-19/h6-14H,4-5,15H2,1-3H3. The molecule has 0 fully saturated rings. The van der Waals surface area contributed by atoms with E-state index in [-0.39, 0.29) is 5.97 Å². The van der Waals surface area contributed by atoms with Gasteiger partial charge < -0.3 is 9.47 Å². The van der Waals surface area contributed by atoms with Crippen LogP contribution in [-0.4, -0.2) is 22.5 Å². The van der Waals surface area contributed by atoms with Crippen molar-refractivity contribution in [2.75, 3.05) is 6.61 Å². The second kappa shape index (κ2) is 10.1. The van der Waals surface area contributed by atoms with Crippen molar-refractivity contribution in [2.24, 2.45) is 0 Å². The van der Waals surface area contributed by atoms with Crippen molar-refractivity contribution >= 4 is 39.3 Å². The molecule has 0 spiro atoms. The van der Waals surface area contributed by atoms with Crippen LogP contribution in [0.25, 0.3) is 10.2 Å². The second-order valence-corrected chi connectivity index (χ2v) is 9.15. The molecule has 0 saturated heterocycles. The largest absolute Gasteiger partial charge is 0.462 e. The number of thioether (sulfide) groups is 1. The summed E-state index contributed by atoms with van der Waals surface area (Å²) in [6.45, 7) is 6.13. The molecule has 0 unspecified atom stereocenters. The van der Waals surface area contributed by atoms with Crippen LogP contribution in [0.5, 0.6) is 11.6 Å². The Morgan fingerprint density at radius 2 is 1.78 bits per heavy atom. The summed E-state index contributed by atoms with van der Waals surface area (Å²) in [6.07, 6.45) is 0.964. The highest BCUT2D eigenvalue weighted by Crippen LogP contribution is 2.38. The van der Waals surface area contributed by atoms with Crippen LogP contribution in [0.2, 0.25) is 0 Å². The average molecular weight is 465 g/mol. The van der Waals surface area contributed by atoms with Crippen molar-refractivity contribution in [3.63, 3.8) is 0 Å². The minimum Gasteiger partial charge on any atom is -0.462 e. The number of thiophene rings is 1. The van der Waals surface area contributed by atoms with Crippen LogP contribution in [0.3, 0.4) is 0 Å². The lowest BCUT2D eigenvalue weighted by Gasteiger charge is -2.09. The van der Waals surface area contributed by atoms with Crippen molar-refractivity contribution in [1.82, 2.24) is 9.97 Å². The third kappa shape index (κ3) is 4.95. The highest BCUT2D eigenvalue weighted by Gasteiger charge is 2.22. The number of ether oxygens (including phenoxy) is 2. The molecule has 32 heavy (non-hydrogen) atoms. The molecule has 7 heteroatoms. The number of aromatic nitrogens is 2. The molecule has 0 aliphatic heterocycles. The van der Waals surface area contributed by atoms with Crippen LogP contribution >= 0.6 is 23.1 Å². The van der Waals surface area contributed by atoms with Gasteiger partial charge in [0.15, 0.2) is 0 Å². The van der Waals surface area contributed by atoms with E-state index in [1.807, 2.05) is 49.4 Å². The van der Waals surface area contributed by atoms with Gasteiger partial charge in [0.2, 0.25) is 5.88 Å². The van der Waals surface area contributed by atoms with E-state index in [9.17, 15) is 4.79 Å². The van der Waals surface area contributed by atoms with Gasteiger partial charge in [-0.15, -0.1) is 23.1 Å². The Kier molecular flexibility index (Phi) is 7.07. The van der Waals surface area contributed by atoms with Gasteiger partial charge in [0.25, 0.3) is 0 Å². The summed E-state index contributed by atoms with van der Waals surface area (Å²) in [5, 5.41) is 0.756. The van der Waals surface area contributed by atoms with E-state index in [1.165, 1.54) is 16.9 Å². The van der Waals surface area contributed by atoms with Crippen molar-refractivity contribution in [3.05, 3.63) is 76.4 Å². The van der Waals surface area contributed by atoms with Crippen LogP contribution in [0.1, 0.15) is 40.5 Å². The number of aryl methyl sites for hydroxylation is 2. The molecule has 0 atom stereocenters. The van der Waals surface area contributed by atoms with E-state index in [4.69, 9.17) is 19.4 Å². The van der Waals surface area contributed by atoms with E-state index in [2.05, 4.69) is 19.1 Å². The molecule has 0 radical (unpaired) electrons. The Morgan fingerprint density at radius 1 is 1.03 bits per heavy atom. The fraction of sp³-hybridized carbons (Fsp3) is 0.240. The van der Waals surface area contributed by atoms with Gasteiger partial charge in [-0.05, 0) is 55.7 Å². The topological polar surface area (TPSA) is 61.3 Å². The van der Waals surface area contributed by atoms with Gasteiger partial charge in [-0.3, -0.25) is 0 Å². The van der Waals surface area contributed by atoms with Crippen LogP contribution < -0.4 is 4.74 Å². The van der Waals surface area contributed by atoms with E-state index >= 15 is 0 Å². The van der Waals surface area contributed by atoms with Gasteiger partial charge in [0.05, 0.1) is 17.7 Å². The van der Waals surface area contributed by atoms with Gasteiger partial charge in [-0.2, -0.15) is 4.98 Å². The molecule has 164 valence electrons. The number of nitrogens with zero attached hydrogens (tertiary/aromatic N) is 2. The predicted molar refractivity (Wildman–Crippen MR) is 130 cm³/mol. The molecule has 0 aliphatic carbocycles. The van der Waals surface area contributed by atoms with Crippen LogP contribution in [0, 0.1) is 6.92 Å². The molecule has 2 heterocycles. The number of hydrogen-bond donors (Lipinski definition) is 0. The Bertz CT molecular complexity index is 1220. The first-order valence-corrected chi connectivity index (χ1v) is 12.3. The molecule has 0 aliphatic rings. The highest BCUT2D eigenvalue weighted by molar-refractivity contribution is 7.98. The van der Waals surface area contributed by atoms with Gasteiger partial charge >= 0.3 is 5.97 Å². The van der Waals surface area contributed by atoms with Crippen molar-refractivity contribution in [2.45, 2.75) is 37.8 Å². The lowest BCUT2D eigenvalue weighted by molar-refractivity contribution is 0.0531.